The zero-order valence-electron chi connectivity index (χ0n) is 13.5. The van der Waals surface area contributed by atoms with Gasteiger partial charge in [0.2, 0.25) is 0 Å². The molecule has 0 saturated heterocycles. The number of pyridine rings is 1. The van der Waals surface area contributed by atoms with Gasteiger partial charge in [-0.3, -0.25) is 25.4 Å². The molecule has 0 spiro atoms. The fourth-order valence-corrected chi connectivity index (χ4v) is 2.70. The summed E-state index contributed by atoms with van der Waals surface area (Å²) in [6.45, 7) is 1.74. The number of benzene rings is 1. The number of halogens is 1. The van der Waals surface area contributed by atoms with Gasteiger partial charge in [-0.05, 0) is 53.2 Å². The van der Waals surface area contributed by atoms with Gasteiger partial charge < -0.3 is 9.72 Å². The maximum atomic E-state index is 12.4. The zero-order valence-corrected chi connectivity index (χ0v) is 15.1. The summed E-state index contributed by atoms with van der Waals surface area (Å²) in [5, 5.41) is 0.773. The van der Waals surface area contributed by atoms with Crippen molar-refractivity contribution in [2.45, 2.75) is 6.92 Å². The van der Waals surface area contributed by atoms with Gasteiger partial charge in [0.05, 0.1) is 23.9 Å². The molecule has 8 heteroatoms. The summed E-state index contributed by atoms with van der Waals surface area (Å²) < 4.78 is 5.93. The molecule has 0 radical (unpaired) electrons. The molecule has 128 valence electrons. The fourth-order valence-electron chi connectivity index (χ4n) is 2.35. The summed E-state index contributed by atoms with van der Waals surface area (Å²) in [7, 11) is 1.57. The smallest absolute Gasteiger partial charge is 0.286 e. The SMILES string of the molecule is COc1ccc2nc(C)c(C(=O)NNC(=O)c3cc(Br)c[nH]3)cc2c1. The van der Waals surface area contributed by atoms with E-state index in [1.54, 1.807) is 38.4 Å². The molecule has 3 aromatic rings. The fraction of sp³-hybridized carbons (Fsp3) is 0.118. The molecule has 25 heavy (non-hydrogen) atoms. The van der Waals surface area contributed by atoms with E-state index in [2.05, 4.69) is 36.7 Å². The van der Waals surface area contributed by atoms with E-state index in [1.165, 1.54) is 0 Å². The van der Waals surface area contributed by atoms with Gasteiger partial charge in [-0.15, -0.1) is 0 Å². The number of aryl methyl sites for hydroxylation is 1. The third-order valence-corrected chi connectivity index (χ3v) is 4.10. The number of fused-ring (bicyclic) bond motifs is 1. The van der Waals surface area contributed by atoms with Crippen LogP contribution in [0.5, 0.6) is 5.75 Å². The van der Waals surface area contributed by atoms with E-state index in [1.807, 2.05) is 12.1 Å². The van der Waals surface area contributed by atoms with Crippen molar-refractivity contribution in [1.29, 1.82) is 0 Å². The zero-order chi connectivity index (χ0) is 18.0. The first-order valence-corrected chi connectivity index (χ1v) is 8.17. The largest absolute Gasteiger partial charge is 0.497 e. The normalized spacial score (nSPS) is 10.5. The molecular formula is C17H15BrN4O3. The van der Waals surface area contributed by atoms with Crippen molar-refractivity contribution in [3.8, 4) is 5.75 Å². The topological polar surface area (TPSA) is 96.1 Å². The number of hydrazine groups is 1. The quantitative estimate of drug-likeness (QED) is 0.586. The van der Waals surface area contributed by atoms with Crippen LogP contribution in [0.15, 0.2) is 41.0 Å². The lowest BCUT2D eigenvalue weighted by atomic mass is 10.1. The van der Waals surface area contributed by atoms with Crippen LogP contribution in [0.25, 0.3) is 10.9 Å². The van der Waals surface area contributed by atoms with Crippen LogP contribution in [0.3, 0.4) is 0 Å². The van der Waals surface area contributed by atoms with E-state index < -0.39 is 11.8 Å². The molecule has 0 aliphatic carbocycles. The van der Waals surface area contributed by atoms with E-state index in [0.717, 1.165) is 15.4 Å². The lowest BCUT2D eigenvalue weighted by Crippen LogP contribution is -2.42. The van der Waals surface area contributed by atoms with E-state index >= 15 is 0 Å². The van der Waals surface area contributed by atoms with Crippen molar-refractivity contribution in [1.82, 2.24) is 20.8 Å². The Balaban J connectivity index is 1.79. The molecule has 1 aromatic carbocycles. The molecule has 7 nitrogen and oxygen atoms in total. The number of aromatic amines is 1. The Labute approximate surface area is 151 Å². The highest BCUT2D eigenvalue weighted by Gasteiger charge is 2.14. The Morgan fingerprint density at radius 2 is 1.92 bits per heavy atom. The third kappa shape index (κ3) is 3.63. The number of nitrogens with one attached hydrogen (secondary N) is 3. The number of rotatable bonds is 3. The highest BCUT2D eigenvalue weighted by atomic mass is 79.9. The van der Waals surface area contributed by atoms with Crippen molar-refractivity contribution in [2.24, 2.45) is 0 Å². The molecule has 3 N–H and O–H groups in total. The predicted molar refractivity (Wildman–Crippen MR) is 96.5 cm³/mol. The summed E-state index contributed by atoms with van der Waals surface area (Å²) in [5.74, 6) is -0.226. The Morgan fingerprint density at radius 1 is 1.16 bits per heavy atom. The molecule has 0 bridgehead atoms. The van der Waals surface area contributed by atoms with Gasteiger partial charge in [-0.2, -0.15) is 0 Å². The molecule has 0 atom stereocenters. The number of carbonyl (C=O) groups excluding carboxylic acids is 2. The number of amides is 2. The van der Waals surface area contributed by atoms with E-state index in [9.17, 15) is 9.59 Å². The van der Waals surface area contributed by atoms with Crippen molar-refractivity contribution in [2.75, 3.05) is 7.11 Å². The van der Waals surface area contributed by atoms with Crippen molar-refractivity contribution in [3.63, 3.8) is 0 Å². The lowest BCUT2D eigenvalue weighted by Gasteiger charge is -2.10. The summed E-state index contributed by atoms with van der Waals surface area (Å²) in [6, 6.07) is 8.76. The third-order valence-electron chi connectivity index (χ3n) is 3.64. The van der Waals surface area contributed by atoms with E-state index in [4.69, 9.17) is 4.74 Å². The second kappa shape index (κ2) is 6.94. The van der Waals surface area contributed by atoms with Gasteiger partial charge in [0.25, 0.3) is 11.8 Å². The number of ether oxygens (including phenoxy) is 1. The Morgan fingerprint density at radius 3 is 2.60 bits per heavy atom. The standard InChI is InChI=1S/C17H15BrN4O3/c1-9-13(6-10-5-12(25-2)3-4-14(10)20-9)16(23)21-22-17(24)15-7-11(18)8-19-15/h3-8,19H,1-2H3,(H,21,23)(H,22,24). The minimum atomic E-state index is -0.452. The maximum absolute atomic E-state index is 12.4. The van der Waals surface area contributed by atoms with Crippen LogP contribution in [-0.4, -0.2) is 28.9 Å². The minimum Gasteiger partial charge on any atom is -0.497 e. The Bertz CT molecular complexity index is 968. The summed E-state index contributed by atoms with van der Waals surface area (Å²) in [5.41, 5.74) is 6.78. The van der Waals surface area contributed by atoms with Crippen molar-refractivity contribution < 1.29 is 14.3 Å². The molecule has 0 saturated carbocycles. The molecule has 3 rings (SSSR count). The van der Waals surface area contributed by atoms with Gasteiger partial charge >= 0.3 is 0 Å². The van der Waals surface area contributed by atoms with Crippen LogP contribution < -0.4 is 15.6 Å². The minimum absolute atomic E-state index is 0.324. The second-order valence-corrected chi connectivity index (χ2v) is 6.24. The van der Waals surface area contributed by atoms with Gasteiger partial charge in [0, 0.05) is 16.1 Å². The Kier molecular flexibility index (Phi) is 4.71. The van der Waals surface area contributed by atoms with Crippen LogP contribution >= 0.6 is 15.9 Å². The molecule has 0 fully saturated rings. The number of hydrogen-bond acceptors (Lipinski definition) is 4. The number of hydrogen-bond donors (Lipinski definition) is 3. The highest BCUT2D eigenvalue weighted by molar-refractivity contribution is 9.10. The lowest BCUT2D eigenvalue weighted by molar-refractivity contribution is 0.0843. The molecule has 0 aliphatic heterocycles. The van der Waals surface area contributed by atoms with Crippen LogP contribution in [-0.2, 0) is 0 Å². The number of H-pyrrole nitrogens is 1. The second-order valence-electron chi connectivity index (χ2n) is 5.32. The van der Waals surface area contributed by atoms with Crippen LogP contribution in [0.4, 0.5) is 0 Å². The number of methoxy groups -OCH3 is 1. The average molecular weight is 403 g/mol. The first-order valence-electron chi connectivity index (χ1n) is 7.38. The van der Waals surface area contributed by atoms with E-state index in [-0.39, 0.29) is 0 Å². The predicted octanol–water partition coefficient (Wildman–Crippen LogP) is 2.72. The van der Waals surface area contributed by atoms with Crippen LogP contribution in [0.2, 0.25) is 0 Å². The molecule has 0 unspecified atom stereocenters. The Hall–Kier alpha value is -2.87. The van der Waals surface area contributed by atoms with Gasteiger partial charge in [0.1, 0.15) is 11.4 Å². The summed E-state index contributed by atoms with van der Waals surface area (Å²) in [6.07, 6.45) is 1.63. The summed E-state index contributed by atoms with van der Waals surface area (Å²) in [4.78, 5) is 31.6. The van der Waals surface area contributed by atoms with E-state index in [0.29, 0.717) is 22.7 Å². The van der Waals surface area contributed by atoms with Crippen LogP contribution in [0.1, 0.15) is 26.5 Å². The van der Waals surface area contributed by atoms with Crippen molar-refractivity contribution in [3.05, 3.63) is 58.0 Å². The van der Waals surface area contributed by atoms with Gasteiger partial charge in [0.15, 0.2) is 0 Å². The molecule has 2 aromatic heterocycles. The average Bonchev–Trinajstić information content (AvgIpc) is 3.05. The molecular weight excluding hydrogens is 388 g/mol. The number of carbonyl (C=O) groups is 2. The monoisotopic (exact) mass is 402 g/mol. The first kappa shape index (κ1) is 17.0. The first-order chi connectivity index (χ1) is 12.0. The molecule has 2 heterocycles. The number of aromatic nitrogens is 2. The molecule has 0 aliphatic rings. The highest BCUT2D eigenvalue weighted by Crippen LogP contribution is 2.21. The maximum Gasteiger partial charge on any atom is 0.286 e. The molecule has 2 amide bonds. The summed E-state index contributed by atoms with van der Waals surface area (Å²) >= 11 is 3.24. The van der Waals surface area contributed by atoms with Crippen molar-refractivity contribution >= 4 is 38.6 Å². The van der Waals surface area contributed by atoms with Gasteiger partial charge in [-0.1, -0.05) is 0 Å². The van der Waals surface area contributed by atoms with Crippen LogP contribution in [0, 0.1) is 6.92 Å². The van der Waals surface area contributed by atoms with Gasteiger partial charge in [-0.25, -0.2) is 0 Å². The number of nitrogens with zero attached hydrogens (tertiary/aromatic N) is 1.